The Morgan fingerprint density at radius 1 is 1.20 bits per heavy atom. The highest BCUT2D eigenvalue weighted by atomic mass is 35.5. The van der Waals surface area contributed by atoms with Crippen molar-refractivity contribution in [1.29, 1.82) is 0 Å². The summed E-state index contributed by atoms with van der Waals surface area (Å²) in [4.78, 5) is 26.4. The maximum absolute atomic E-state index is 12.4. The lowest BCUT2D eigenvalue weighted by Crippen LogP contribution is -2.45. The molecule has 2 N–H and O–H groups in total. The van der Waals surface area contributed by atoms with Gasteiger partial charge in [-0.2, -0.15) is 0 Å². The number of carbonyl (C=O) groups excluding carboxylic acids is 1. The Balaban J connectivity index is 1.44. The van der Waals surface area contributed by atoms with Crippen LogP contribution in [0.2, 0.25) is 5.02 Å². The first-order chi connectivity index (χ1) is 12.0. The average Bonchev–Trinajstić information content (AvgIpc) is 3.04. The highest BCUT2D eigenvalue weighted by Crippen LogP contribution is 2.31. The van der Waals surface area contributed by atoms with Gasteiger partial charge in [-0.3, -0.25) is 4.79 Å². The Kier molecular flexibility index (Phi) is 6.12. The van der Waals surface area contributed by atoms with Crippen molar-refractivity contribution >= 4 is 35.4 Å². The minimum atomic E-state index is -0.717. The van der Waals surface area contributed by atoms with Gasteiger partial charge >= 0.3 is 12.0 Å². The quantitative estimate of drug-likeness (QED) is 0.829. The number of carboxylic acids is 1. The van der Waals surface area contributed by atoms with Crippen LogP contribution in [-0.4, -0.2) is 46.4 Å². The number of likely N-dealkylation sites (tertiary alicyclic amines) is 1. The van der Waals surface area contributed by atoms with E-state index in [0.717, 1.165) is 42.3 Å². The van der Waals surface area contributed by atoms with E-state index in [1.807, 2.05) is 29.2 Å². The molecule has 3 rings (SSSR count). The van der Waals surface area contributed by atoms with Crippen molar-refractivity contribution in [3.05, 3.63) is 29.3 Å². The fourth-order valence-electron chi connectivity index (χ4n) is 3.49. The second kappa shape index (κ2) is 8.32. The van der Waals surface area contributed by atoms with E-state index in [-0.39, 0.29) is 18.0 Å². The summed E-state index contributed by atoms with van der Waals surface area (Å²) in [6, 6.07) is 7.88. The summed E-state index contributed by atoms with van der Waals surface area (Å²) in [5.41, 5.74) is 0. The lowest BCUT2D eigenvalue weighted by atomic mass is 9.86. The molecule has 5 nitrogen and oxygen atoms in total. The van der Waals surface area contributed by atoms with Crippen molar-refractivity contribution in [2.24, 2.45) is 5.92 Å². The minimum Gasteiger partial charge on any atom is -0.481 e. The Morgan fingerprint density at radius 3 is 2.64 bits per heavy atom. The van der Waals surface area contributed by atoms with Crippen molar-refractivity contribution in [1.82, 2.24) is 10.2 Å². The molecule has 0 bridgehead atoms. The Labute approximate surface area is 157 Å². The molecule has 1 heterocycles. The summed E-state index contributed by atoms with van der Waals surface area (Å²) in [6.07, 6.45) is 3.76. The predicted octanol–water partition coefficient (Wildman–Crippen LogP) is 3.86. The van der Waals surface area contributed by atoms with Crippen LogP contribution < -0.4 is 5.32 Å². The van der Waals surface area contributed by atoms with Crippen LogP contribution in [0.15, 0.2) is 29.2 Å². The lowest BCUT2D eigenvalue weighted by Gasteiger charge is -2.28. The van der Waals surface area contributed by atoms with E-state index < -0.39 is 5.97 Å². The molecule has 1 aliphatic carbocycles. The first-order valence-electron chi connectivity index (χ1n) is 8.71. The average molecular weight is 383 g/mol. The van der Waals surface area contributed by atoms with Crippen LogP contribution in [0.3, 0.4) is 0 Å². The van der Waals surface area contributed by atoms with Gasteiger partial charge in [0.25, 0.3) is 0 Å². The Hall–Kier alpha value is -1.40. The van der Waals surface area contributed by atoms with Crippen molar-refractivity contribution < 1.29 is 14.7 Å². The van der Waals surface area contributed by atoms with Gasteiger partial charge in [-0.15, -0.1) is 11.8 Å². The molecule has 136 valence electrons. The van der Waals surface area contributed by atoms with Gasteiger partial charge in [-0.1, -0.05) is 17.7 Å². The van der Waals surface area contributed by atoms with E-state index >= 15 is 0 Å². The number of rotatable bonds is 4. The topological polar surface area (TPSA) is 69.6 Å². The minimum absolute atomic E-state index is 0.0204. The fourth-order valence-corrected chi connectivity index (χ4v) is 4.96. The van der Waals surface area contributed by atoms with Gasteiger partial charge in [-0.05, 0) is 50.3 Å². The summed E-state index contributed by atoms with van der Waals surface area (Å²) >= 11 is 7.79. The molecule has 0 radical (unpaired) electrons. The summed E-state index contributed by atoms with van der Waals surface area (Å²) < 4.78 is 0. The molecule has 2 aliphatic rings. The molecule has 1 saturated heterocycles. The maximum Gasteiger partial charge on any atom is 0.317 e. The number of amides is 2. The zero-order valence-corrected chi connectivity index (χ0v) is 15.6. The number of nitrogens with one attached hydrogen (secondary N) is 1. The molecule has 7 heteroatoms. The highest BCUT2D eigenvalue weighted by Gasteiger charge is 2.30. The largest absolute Gasteiger partial charge is 0.481 e. The van der Waals surface area contributed by atoms with Crippen LogP contribution in [0, 0.1) is 5.92 Å². The highest BCUT2D eigenvalue weighted by molar-refractivity contribution is 8.00. The van der Waals surface area contributed by atoms with E-state index in [1.165, 1.54) is 0 Å². The van der Waals surface area contributed by atoms with Gasteiger partial charge in [0.15, 0.2) is 0 Å². The molecule has 1 aliphatic heterocycles. The van der Waals surface area contributed by atoms with Crippen molar-refractivity contribution in [2.75, 3.05) is 13.1 Å². The van der Waals surface area contributed by atoms with Crippen LogP contribution in [-0.2, 0) is 4.79 Å². The molecule has 25 heavy (non-hydrogen) atoms. The molecule has 1 saturated carbocycles. The van der Waals surface area contributed by atoms with Crippen molar-refractivity contribution in [2.45, 2.75) is 48.3 Å². The Bertz CT molecular complexity index is 635. The summed E-state index contributed by atoms with van der Waals surface area (Å²) in [7, 11) is 0. The first kappa shape index (κ1) is 18.4. The first-order valence-corrected chi connectivity index (χ1v) is 9.97. The molecule has 0 spiro atoms. The van der Waals surface area contributed by atoms with Crippen LogP contribution in [0.1, 0.15) is 32.1 Å². The SMILES string of the molecule is O=C(O)C1CCC(NC(=O)N2CCC(Sc3cccc(Cl)c3)C2)CC1. The molecule has 2 fully saturated rings. The predicted molar refractivity (Wildman–Crippen MR) is 99.2 cm³/mol. The number of carbonyl (C=O) groups is 2. The van der Waals surface area contributed by atoms with Crippen LogP contribution in [0.5, 0.6) is 0 Å². The van der Waals surface area contributed by atoms with Crippen LogP contribution >= 0.6 is 23.4 Å². The zero-order chi connectivity index (χ0) is 17.8. The molecule has 1 unspecified atom stereocenters. The molecule has 2 amide bonds. The van der Waals surface area contributed by atoms with Gasteiger partial charge in [0, 0.05) is 34.3 Å². The number of aliphatic carboxylic acids is 1. The van der Waals surface area contributed by atoms with E-state index in [1.54, 1.807) is 11.8 Å². The number of carboxylic acid groups (broad SMARTS) is 1. The molecule has 0 aromatic heterocycles. The number of urea groups is 1. The van der Waals surface area contributed by atoms with Gasteiger partial charge in [-0.25, -0.2) is 4.79 Å². The zero-order valence-electron chi connectivity index (χ0n) is 14.0. The smallest absolute Gasteiger partial charge is 0.317 e. The summed E-state index contributed by atoms with van der Waals surface area (Å²) in [5.74, 6) is -0.969. The van der Waals surface area contributed by atoms with E-state index in [9.17, 15) is 9.59 Å². The van der Waals surface area contributed by atoms with Crippen LogP contribution in [0.25, 0.3) is 0 Å². The second-order valence-corrected chi connectivity index (χ2v) is 8.58. The van der Waals surface area contributed by atoms with E-state index in [2.05, 4.69) is 5.32 Å². The molecular formula is C18H23ClN2O3S. The number of halogens is 1. The van der Waals surface area contributed by atoms with Gasteiger partial charge < -0.3 is 15.3 Å². The molecule has 1 aromatic rings. The van der Waals surface area contributed by atoms with Gasteiger partial charge in [0.1, 0.15) is 0 Å². The summed E-state index contributed by atoms with van der Waals surface area (Å²) in [6.45, 7) is 1.49. The van der Waals surface area contributed by atoms with Crippen LogP contribution in [0.4, 0.5) is 4.79 Å². The molecule has 1 atom stereocenters. The number of nitrogens with zero attached hydrogens (tertiary/aromatic N) is 1. The number of hydrogen-bond acceptors (Lipinski definition) is 3. The van der Waals surface area contributed by atoms with Gasteiger partial charge in [0.2, 0.25) is 0 Å². The van der Waals surface area contributed by atoms with Crippen molar-refractivity contribution in [3.8, 4) is 0 Å². The third kappa shape index (κ3) is 5.05. The Morgan fingerprint density at radius 2 is 1.96 bits per heavy atom. The second-order valence-electron chi connectivity index (χ2n) is 6.77. The standard InChI is InChI=1S/C18H23ClN2O3S/c19-13-2-1-3-15(10-13)25-16-8-9-21(11-16)18(24)20-14-6-4-12(5-7-14)17(22)23/h1-3,10,12,14,16H,4-9,11H2,(H,20,24)(H,22,23). The third-order valence-electron chi connectivity index (χ3n) is 4.94. The normalized spacial score (nSPS) is 26.4. The van der Waals surface area contributed by atoms with Crippen molar-refractivity contribution in [3.63, 3.8) is 0 Å². The summed E-state index contributed by atoms with van der Waals surface area (Å²) in [5, 5.41) is 13.2. The van der Waals surface area contributed by atoms with E-state index in [4.69, 9.17) is 16.7 Å². The van der Waals surface area contributed by atoms with E-state index in [0.29, 0.717) is 18.1 Å². The van der Waals surface area contributed by atoms with Gasteiger partial charge in [0.05, 0.1) is 5.92 Å². The number of thioether (sulfide) groups is 1. The number of hydrogen-bond donors (Lipinski definition) is 2. The number of benzene rings is 1. The maximum atomic E-state index is 12.4. The third-order valence-corrected chi connectivity index (χ3v) is 6.41. The fraction of sp³-hybridized carbons (Fsp3) is 0.556. The molecule has 1 aromatic carbocycles. The molecular weight excluding hydrogens is 360 g/mol. The lowest BCUT2D eigenvalue weighted by molar-refractivity contribution is -0.142. The monoisotopic (exact) mass is 382 g/mol.